The molecular formula is C10H20FNO. The molecule has 0 N–H and O–H groups in total. The Morgan fingerprint density at radius 2 is 2.00 bits per heavy atom. The molecule has 2 unspecified atom stereocenters. The van der Waals surface area contributed by atoms with Gasteiger partial charge in [0.05, 0.1) is 6.10 Å². The van der Waals surface area contributed by atoms with Gasteiger partial charge in [-0.3, -0.25) is 4.90 Å². The smallest absolute Gasteiger partial charge is 0.113 e. The zero-order valence-corrected chi connectivity index (χ0v) is 8.79. The molecule has 78 valence electrons. The van der Waals surface area contributed by atoms with Crippen LogP contribution in [-0.2, 0) is 4.74 Å². The van der Waals surface area contributed by atoms with E-state index in [-0.39, 0.29) is 6.10 Å². The average molecular weight is 189 g/mol. The lowest BCUT2D eigenvalue weighted by Crippen LogP contribution is -2.38. The number of nitrogens with zero attached hydrogens (tertiary/aromatic N) is 1. The second-order valence-corrected chi connectivity index (χ2v) is 4.08. The molecule has 1 aliphatic heterocycles. The third kappa shape index (κ3) is 3.24. The Labute approximate surface area is 80.1 Å². The highest BCUT2D eigenvalue weighted by Crippen LogP contribution is 2.17. The van der Waals surface area contributed by atoms with Crippen molar-refractivity contribution in [2.75, 3.05) is 20.2 Å². The van der Waals surface area contributed by atoms with Gasteiger partial charge in [-0.25, -0.2) is 4.39 Å². The number of hydrogen-bond donors (Lipinski definition) is 0. The van der Waals surface area contributed by atoms with Gasteiger partial charge < -0.3 is 4.74 Å². The monoisotopic (exact) mass is 189 g/mol. The van der Waals surface area contributed by atoms with E-state index >= 15 is 0 Å². The number of methoxy groups -OCH3 is 1. The lowest BCUT2D eigenvalue weighted by atomic mass is 10.2. The van der Waals surface area contributed by atoms with Gasteiger partial charge in [0.2, 0.25) is 0 Å². The highest BCUT2D eigenvalue weighted by molar-refractivity contribution is 4.78. The molecular weight excluding hydrogens is 169 g/mol. The fraction of sp³-hybridized carbons (Fsp3) is 1.00. The van der Waals surface area contributed by atoms with Gasteiger partial charge in [-0.1, -0.05) is 0 Å². The van der Waals surface area contributed by atoms with Crippen LogP contribution in [-0.4, -0.2) is 43.4 Å². The van der Waals surface area contributed by atoms with E-state index < -0.39 is 6.17 Å². The zero-order chi connectivity index (χ0) is 9.84. The number of rotatable bonds is 2. The minimum absolute atomic E-state index is 0.211. The molecule has 0 spiro atoms. The fourth-order valence-corrected chi connectivity index (χ4v) is 1.75. The highest BCUT2D eigenvalue weighted by atomic mass is 19.1. The Kier molecular flexibility index (Phi) is 4.13. The lowest BCUT2D eigenvalue weighted by Gasteiger charge is -2.27. The molecule has 1 heterocycles. The minimum atomic E-state index is -0.678. The molecule has 0 aromatic heterocycles. The summed E-state index contributed by atoms with van der Waals surface area (Å²) in [6, 6.07) is 0.411. The second-order valence-electron chi connectivity index (χ2n) is 4.08. The number of likely N-dealkylation sites (tertiary alicyclic amines) is 1. The number of alkyl halides is 1. The fourth-order valence-electron chi connectivity index (χ4n) is 1.75. The van der Waals surface area contributed by atoms with E-state index in [0.717, 1.165) is 13.0 Å². The summed E-state index contributed by atoms with van der Waals surface area (Å²) in [5, 5.41) is 0. The first kappa shape index (κ1) is 10.9. The molecule has 0 aliphatic carbocycles. The average Bonchev–Trinajstić information content (AvgIpc) is 2.27. The molecule has 0 aromatic rings. The Bertz CT molecular complexity index is 152. The first-order chi connectivity index (χ1) is 6.13. The topological polar surface area (TPSA) is 12.5 Å². The highest BCUT2D eigenvalue weighted by Gasteiger charge is 2.24. The molecule has 2 nitrogen and oxygen atoms in total. The van der Waals surface area contributed by atoms with Crippen LogP contribution in [0.2, 0.25) is 0 Å². The van der Waals surface area contributed by atoms with Gasteiger partial charge in [-0.05, 0) is 26.7 Å². The minimum Gasteiger partial charge on any atom is -0.380 e. The molecule has 13 heavy (non-hydrogen) atoms. The van der Waals surface area contributed by atoms with Crippen molar-refractivity contribution >= 4 is 0 Å². The van der Waals surface area contributed by atoms with Crippen molar-refractivity contribution in [2.24, 2.45) is 0 Å². The largest absolute Gasteiger partial charge is 0.380 e. The van der Waals surface area contributed by atoms with Crippen molar-refractivity contribution in [3.63, 3.8) is 0 Å². The van der Waals surface area contributed by atoms with Gasteiger partial charge in [0.15, 0.2) is 0 Å². The Morgan fingerprint density at radius 1 is 1.31 bits per heavy atom. The number of ether oxygens (including phenoxy) is 1. The summed E-state index contributed by atoms with van der Waals surface area (Å²) >= 11 is 0. The van der Waals surface area contributed by atoms with Gasteiger partial charge >= 0.3 is 0 Å². The Hall–Kier alpha value is -0.150. The third-order valence-corrected chi connectivity index (χ3v) is 2.74. The summed E-state index contributed by atoms with van der Waals surface area (Å²) in [5.41, 5.74) is 0. The summed E-state index contributed by atoms with van der Waals surface area (Å²) in [6.07, 6.45) is 1.02. The van der Waals surface area contributed by atoms with E-state index in [1.807, 2.05) is 0 Å². The molecule has 1 aliphatic rings. The first-order valence-corrected chi connectivity index (χ1v) is 5.04. The van der Waals surface area contributed by atoms with E-state index in [0.29, 0.717) is 19.0 Å². The van der Waals surface area contributed by atoms with Gasteiger partial charge in [0, 0.05) is 26.2 Å². The molecule has 1 rings (SSSR count). The van der Waals surface area contributed by atoms with Gasteiger partial charge in [-0.2, -0.15) is 0 Å². The standard InChI is InChI=1S/C10H20FNO/c1-8(2)12-6-9(11)4-5-10(7-12)13-3/h8-10H,4-7H2,1-3H3. The maximum absolute atomic E-state index is 13.3. The van der Waals surface area contributed by atoms with Crippen LogP contribution in [0.25, 0.3) is 0 Å². The molecule has 2 atom stereocenters. The van der Waals surface area contributed by atoms with Crippen molar-refractivity contribution in [2.45, 2.75) is 45.0 Å². The van der Waals surface area contributed by atoms with Crippen LogP contribution in [0.1, 0.15) is 26.7 Å². The predicted octanol–water partition coefficient (Wildman–Crippen LogP) is 1.84. The molecule has 0 amide bonds. The second kappa shape index (κ2) is 4.91. The van der Waals surface area contributed by atoms with Crippen LogP contribution >= 0.6 is 0 Å². The van der Waals surface area contributed by atoms with Crippen molar-refractivity contribution in [1.82, 2.24) is 4.90 Å². The van der Waals surface area contributed by atoms with Gasteiger partial charge in [-0.15, -0.1) is 0 Å². The summed E-state index contributed by atoms with van der Waals surface area (Å²) in [6.45, 7) is 5.64. The van der Waals surface area contributed by atoms with Crippen LogP contribution < -0.4 is 0 Å². The van der Waals surface area contributed by atoms with Crippen LogP contribution in [0.4, 0.5) is 4.39 Å². The van der Waals surface area contributed by atoms with E-state index in [2.05, 4.69) is 18.7 Å². The molecule has 1 saturated heterocycles. The molecule has 1 fully saturated rings. The van der Waals surface area contributed by atoms with Crippen LogP contribution in [0.5, 0.6) is 0 Å². The molecule has 0 radical (unpaired) electrons. The van der Waals surface area contributed by atoms with E-state index in [9.17, 15) is 4.39 Å². The normalized spacial score (nSPS) is 32.1. The van der Waals surface area contributed by atoms with Crippen molar-refractivity contribution in [3.05, 3.63) is 0 Å². The number of halogens is 1. The van der Waals surface area contributed by atoms with Crippen LogP contribution in [0.15, 0.2) is 0 Å². The van der Waals surface area contributed by atoms with Crippen LogP contribution in [0.3, 0.4) is 0 Å². The third-order valence-electron chi connectivity index (χ3n) is 2.74. The molecule has 3 heteroatoms. The van der Waals surface area contributed by atoms with E-state index in [1.54, 1.807) is 7.11 Å². The first-order valence-electron chi connectivity index (χ1n) is 5.04. The maximum Gasteiger partial charge on any atom is 0.113 e. The summed E-state index contributed by atoms with van der Waals surface area (Å²) in [5.74, 6) is 0. The Balaban J connectivity index is 2.52. The van der Waals surface area contributed by atoms with E-state index in [1.165, 1.54) is 0 Å². The zero-order valence-electron chi connectivity index (χ0n) is 8.79. The van der Waals surface area contributed by atoms with Gasteiger partial charge in [0.25, 0.3) is 0 Å². The SMILES string of the molecule is COC1CCC(F)CN(C(C)C)C1. The lowest BCUT2D eigenvalue weighted by molar-refractivity contribution is 0.0591. The molecule has 0 saturated carbocycles. The van der Waals surface area contributed by atoms with Crippen molar-refractivity contribution in [3.8, 4) is 0 Å². The quantitative estimate of drug-likeness (QED) is 0.657. The summed E-state index contributed by atoms with van der Waals surface area (Å²) in [4.78, 5) is 2.16. The Morgan fingerprint density at radius 3 is 2.54 bits per heavy atom. The maximum atomic E-state index is 13.3. The van der Waals surface area contributed by atoms with Gasteiger partial charge in [0.1, 0.15) is 6.17 Å². The number of hydrogen-bond acceptors (Lipinski definition) is 2. The van der Waals surface area contributed by atoms with Crippen molar-refractivity contribution in [1.29, 1.82) is 0 Å². The molecule has 0 bridgehead atoms. The predicted molar refractivity (Wildman–Crippen MR) is 51.6 cm³/mol. The molecule has 0 aromatic carbocycles. The van der Waals surface area contributed by atoms with Crippen molar-refractivity contribution < 1.29 is 9.13 Å². The summed E-state index contributed by atoms with van der Waals surface area (Å²) < 4.78 is 18.6. The van der Waals surface area contributed by atoms with E-state index in [4.69, 9.17) is 4.74 Å². The summed E-state index contributed by atoms with van der Waals surface area (Å²) in [7, 11) is 1.71. The van der Waals surface area contributed by atoms with Crippen LogP contribution in [0, 0.1) is 0 Å².